The van der Waals surface area contributed by atoms with Crippen molar-refractivity contribution in [1.82, 2.24) is 0 Å². The number of nitrogens with one attached hydrogen (secondary N) is 1. The van der Waals surface area contributed by atoms with E-state index in [1.54, 1.807) is 12.1 Å². The lowest BCUT2D eigenvalue weighted by Gasteiger charge is -2.12. The molecular weight excluding hydrogens is 214 g/mol. The molecular formula is C14H21NO2. The molecule has 0 saturated carbocycles. The average Bonchev–Trinajstić information content (AvgIpc) is 2.30. The fourth-order valence-electron chi connectivity index (χ4n) is 1.85. The van der Waals surface area contributed by atoms with E-state index in [-0.39, 0.29) is 0 Å². The average molecular weight is 235 g/mol. The topological polar surface area (TPSA) is 49.3 Å². The van der Waals surface area contributed by atoms with Crippen LogP contribution in [0.4, 0.5) is 5.69 Å². The molecule has 0 aromatic heterocycles. The van der Waals surface area contributed by atoms with Crippen LogP contribution in [-0.2, 0) is 0 Å². The third-order valence-electron chi connectivity index (χ3n) is 2.84. The van der Waals surface area contributed by atoms with Gasteiger partial charge in [0.1, 0.15) is 0 Å². The first-order valence-electron chi connectivity index (χ1n) is 6.23. The predicted molar refractivity (Wildman–Crippen MR) is 70.8 cm³/mol. The van der Waals surface area contributed by atoms with Crippen molar-refractivity contribution in [2.45, 2.75) is 39.5 Å². The molecule has 0 radical (unpaired) electrons. The Morgan fingerprint density at radius 3 is 2.71 bits per heavy atom. The van der Waals surface area contributed by atoms with E-state index in [1.807, 2.05) is 13.0 Å². The number of para-hydroxylation sites is 1. The first kappa shape index (κ1) is 13.6. The molecule has 3 heteroatoms. The second-order valence-electron chi connectivity index (χ2n) is 4.29. The summed E-state index contributed by atoms with van der Waals surface area (Å²) in [7, 11) is 0. The SMILES string of the molecule is CCCCCCNc1c(C)cccc1C(=O)O. The van der Waals surface area contributed by atoms with Gasteiger partial charge in [0.2, 0.25) is 0 Å². The molecule has 0 amide bonds. The number of unbranched alkanes of at least 4 members (excludes halogenated alkanes) is 3. The minimum Gasteiger partial charge on any atom is -0.478 e. The molecule has 0 unspecified atom stereocenters. The molecule has 0 saturated heterocycles. The lowest BCUT2D eigenvalue weighted by molar-refractivity contribution is 0.0698. The van der Waals surface area contributed by atoms with Gasteiger partial charge in [-0.2, -0.15) is 0 Å². The lowest BCUT2D eigenvalue weighted by atomic mass is 10.1. The fraction of sp³-hybridized carbons (Fsp3) is 0.500. The van der Waals surface area contributed by atoms with Crippen LogP contribution in [0.2, 0.25) is 0 Å². The monoisotopic (exact) mass is 235 g/mol. The molecule has 1 rings (SSSR count). The fourth-order valence-corrected chi connectivity index (χ4v) is 1.85. The first-order chi connectivity index (χ1) is 8.16. The Labute approximate surface area is 103 Å². The smallest absolute Gasteiger partial charge is 0.337 e. The Morgan fingerprint density at radius 1 is 1.29 bits per heavy atom. The van der Waals surface area contributed by atoms with Gasteiger partial charge in [0.25, 0.3) is 0 Å². The molecule has 94 valence electrons. The van der Waals surface area contributed by atoms with Crippen LogP contribution in [-0.4, -0.2) is 17.6 Å². The number of carboxylic acids is 1. The first-order valence-corrected chi connectivity index (χ1v) is 6.23. The second kappa shape index (κ2) is 6.94. The van der Waals surface area contributed by atoms with Crippen molar-refractivity contribution in [3.05, 3.63) is 29.3 Å². The highest BCUT2D eigenvalue weighted by Crippen LogP contribution is 2.20. The summed E-state index contributed by atoms with van der Waals surface area (Å²) in [6.07, 6.45) is 4.73. The Bertz CT molecular complexity index is 374. The molecule has 0 fully saturated rings. The number of anilines is 1. The van der Waals surface area contributed by atoms with Gasteiger partial charge in [0.05, 0.1) is 11.3 Å². The summed E-state index contributed by atoms with van der Waals surface area (Å²) < 4.78 is 0. The van der Waals surface area contributed by atoms with Gasteiger partial charge in [-0.15, -0.1) is 0 Å². The summed E-state index contributed by atoms with van der Waals surface area (Å²) in [5.41, 5.74) is 2.11. The third kappa shape index (κ3) is 4.10. The molecule has 0 atom stereocenters. The minimum absolute atomic E-state index is 0.362. The van der Waals surface area contributed by atoms with Crippen molar-refractivity contribution >= 4 is 11.7 Å². The maximum absolute atomic E-state index is 11.1. The van der Waals surface area contributed by atoms with Crippen molar-refractivity contribution in [2.75, 3.05) is 11.9 Å². The Kier molecular flexibility index (Phi) is 5.53. The number of rotatable bonds is 7. The van der Waals surface area contributed by atoms with Crippen LogP contribution >= 0.6 is 0 Å². The van der Waals surface area contributed by atoms with Crippen LogP contribution in [0.25, 0.3) is 0 Å². The summed E-state index contributed by atoms with van der Waals surface area (Å²) >= 11 is 0. The highest BCUT2D eigenvalue weighted by Gasteiger charge is 2.10. The zero-order valence-electron chi connectivity index (χ0n) is 10.6. The molecule has 17 heavy (non-hydrogen) atoms. The number of carbonyl (C=O) groups is 1. The van der Waals surface area contributed by atoms with Crippen molar-refractivity contribution in [2.24, 2.45) is 0 Å². The zero-order valence-corrected chi connectivity index (χ0v) is 10.6. The van der Waals surface area contributed by atoms with E-state index in [9.17, 15) is 4.79 Å². The summed E-state index contributed by atoms with van der Waals surface area (Å²) in [4.78, 5) is 11.1. The van der Waals surface area contributed by atoms with Gasteiger partial charge in [-0.1, -0.05) is 38.3 Å². The summed E-state index contributed by atoms with van der Waals surface area (Å²) in [6.45, 7) is 4.95. The molecule has 0 aliphatic rings. The Balaban J connectivity index is 2.60. The van der Waals surface area contributed by atoms with Crippen LogP contribution in [0.15, 0.2) is 18.2 Å². The van der Waals surface area contributed by atoms with Crippen molar-refractivity contribution < 1.29 is 9.90 Å². The molecule has 0 heterocycles. The van der Waals surface area contributed by atoms with Gasteiger partial charge in [-0.05, 0) is 25.0 Å². The third-order valence-corrected chi connectivity index (χ3v) is 2.84. The van der Waals surface area contributed by atoms with Crippen molar-refractivity contribution in [1.29, 1.82) is 0 Å². The summed E-state index contributed by atoms with van der Waals surface area (Å²) in [6, 6.07) is 5.35. The number of carboxylic acid groups (broad SMARTS) is 1. The molecule has 0 aliphatic carbocycles. The lowest BCUT2D eigenvalue weighted by Crippen LogP contribution is -2.09. The largest absolute Gasteiger partial charge is 0.478 e. The number of hydrogen-bond donors (Lipinski definition) is 2. The van der Waals surface area contributed by atoms with E-state index >= 15 is 0 Å². The Morgan fingerprint density at radius 2 is 2.06 bits per heavy atom. The van der Waals surface area contributed by atoms with E-state index in [4.69, 9.17) is 5.11 Å². The summed E-state index contributed by atoms with van der Waals surface area (Å²) in [5.74, 6) is -0.871. The highest BCUT2D eigenvalue weighted by molar-refractivity contribution is 5.95. The maximum Gasteiger partial charge on any atom is 0.337 e. The second-order valence-corrected chi connectivity index (χ2v) is 4.29. The quantitative estimate of drug-likeness (QED) is 0.709. The molecule has 0 bridgehead atoms. The van der Waals surface area contributed by atoms with Gasteiger partial charge >= 0.3 is 5.97 Å². The van der Waals surface area contributed by atoms with Crippen LogP contribution in [0, 0.1) is 6.92 Å². The molecule has 1 aromatic rings. The van der Waals surface area contributed by atoms with E-state index < -0.39 is 5.97 Å². The maximum atomic E-state index is 11.1. The molecule has 0 spiro atoms. The normalized spacial score (nSPS) is 10.2. The van der Waals surface area contributed by atoms with Gasteiger partial charge in [-0.25, -0.2) is 4.79 Å². The molecule has 2 N–H and O–H groups in total. The van der Waals surface area contributed by atoms with Gasteiger partial charge in [0.15, 0.2) is 0 Å². The van der Waals surface area contributed by atoms with Gasteiger partial charge in [-0.3, -0.25) is 0 Å². The predicted octanol–water partition coefficient (Wildman–Crippen LogP) is 3.69. The van der Waals surface area contributed by atoms with Crippen LogP contribution in [0.3, 0.4) is 0 Å². The zero-order chi connectivity index (χ0) is 12.7. The Hall–Kier alpha value is -1.51. The molecule has 3 nitrogen and oxygen atoms in total. The number of aryl methyl sites for hydroxylation is 1. The standard InChI is InChI=1S/C14H21NO2/c1-3-4-5-6-10-15-13-11(2)8-7-9-12(13)14(16)17/h7-9,15H,3-6,10H2,1-2H3,(H,16,17). The van der Waals surface area contributed by atoms with Crippen LogP contribution in [0.1, 0.15) is 48.5 Å². The highest BCUT2D eigenvalue weighted by atomic mass is 16.4. The van der Waals surface area contributed by atoms with Crippen LogP contribution < -0.4 is 5.32 Å². The number of hydrogen-bond acceptors (Lipinski definition) is 2. The van der Waals surface area contributed by atoms with E-state index in [1.165, 1.54) is 19.3 Å². The van der Waals surface area contributed by atoms with Gasteiger partial charge < -0.3 is 10.4 Å². The van der Waals surface area contributed by atoms with Crippen molar-refractivity contribution in [3.63, 3.8) is 0 Å². The number of aromatic carboxylic acids is 1. The van der Waals surface area contributed by atoms with E-state index in [0.717, 1.165) is 24.2 Å². The van der Waals surface area contributed by atoms with Crippen LogP contribution in [0.5, 0.6) is 0 Å². The number of benzene rings is 1. The van der Waals surface area contributed by atoms with E-state index in [0.29, 0.717) is 5.56 Å². The molecule has 1 aromatic carbocycles. The van der Waals surface area contributed by atoms with E-state index in [2.05, 4.69) is 12.2 Å². The van der Waals surface area contributed by atoms with Gasteiger partial charge in [0, 0.05) is 6.54 Å². The van der Waals surface area contributed by atoms with Crippen molar-refractivity contribution in [3.8, 4) is 0 Å². The summed E-state index contributed by atoms with van der Waals surface area (Å²) in [5, 5.41) is 12.3. The minimum atomic E-state index is -0.871. The molecule has 0 aliphatic heterocycles.